The van der Waals surface area contributed by atoms with E-state index in [1.54, 1.807) is 11.5 Å². The Kier molecular flexibility index (Phi) is 8.29. The topological polar surface area (TPSA) is 116 Å². The fourth-order valence-corrected chi connectivity index (χ4v) is 6.17. The highest BCUT2D eigenvalue weighted by molar-refractivity contribution is 14.1. The molecular weight excluding hydrogens is 565 g/mol. The molecule has 9 nitrogen and oxygen atoms in total. The van der Waals surface area contributed by atoms with Crippen LogP contribution < -0.4 is 20.2 Å². The van der Waals surface area contributed by atoms with Gasteiger partial charge >= 0.3 is 0 Å². The fraction of sp³-hybridized carbons (Fsp3) is 0.700. The molecule has 1 aliphatic heterocycles. The van der Waals surface area contributed by atoms with Gasteiger partial charge in [-0.1, -0.05) is 20.8 Å². The Hall–Kier alpha value is -0.963. The van der Waals surface area contributed by atoms with Crippen LogP contribution in [0, 0.1) is 3.57 Å². The summed E-state index contributed by atoms with van der Waals surface area (Å²) >= 11 is 1.90. The number of carbonyl (C=O) groups is 1. The standard InChI is InChI=1S/C20H34IN3O6SSi/c1-9-22-19(26)16-18(29-5)17(25)14(21)15-13(23-31(6,27)28)10-12(24(15)16)11-30-32(7,8)20(2,3)4/h12-13,23H,9-11H2,1-8H3,(H,22,26)/t12-,13?/m0/s1. The van der Waals surface area contributed by atoms with Gasteiger partial charge in [0.1, 0.15) is 0 Å². The lowest BCUT2D eigenvalue weighted by molar-refractivity contribution is 0.0937. The van der Waals surface area contributed by atoms with Crippen LogP contribution in [0.4, 0.5) is 0 Å². The summed E-state index contributed by atoms with van der Waals surface area (Å²) in [5.41, 5.74) is 0.121. The molecular formula is C20H34IN3O6SSi. The number of ether oxygens (including phenoxy) is 1. The van der Waals surface area contributed by atoms with E-state index in [1.807, 2.05) is 22.6 Å². The lowest BCUT2D eigenvalue weighted by atomic mass is 10.1. The molecule has 1 aromatic rings. The van der Waals surface area contributed by atoms with E-state index >= 15 is 0 Å². The summed E-state index contributed by atoms with van der Waals surface area (Å²) in [6.45, 7) is 13.1. The predicted molar refractivity (Wildman–Crippen MR) is 136 cm³/mol. The summed E-state index contributed by atoms with van der Waals surface area (Å²) in [6.07, 6.45) is 1.44. The molecule has 0 aromatic carbocycles. The van der Waals surface area contributed by atoms with Gasteiger partial charge in [-0.05, 0) is 54.1 Å². The maximum Gasteiger partial charge on any atom is 0.271 e. The van der Waals surface area contributed by atoms with Crippen molar-refractivity contribution in [3.8, 4) is 5.75 Å². The molecule has 0 saturated carbocycles. The van der Waals surface area contributed by atoms with Crippen LogP contribution in [0.2, 0.25) is 18.1 Å². The number of nitrogens with zero attached hydrogens (tertiary/aromatic N) is 1. The van der Waals surface area contributed by atoms with Gasteiger partial charge in [0.25, 0.3) is 5.91 Å². The van der Waals surface area contributed by atoms with Crippen molar-refractivity contribution >= 4 is 46.8 Å². The molecule has 0 spiro atoms. The highest BCUT2D eigenvalue weighted by Gasteiger charge is 2.42. The quantitative estimate of drug-likeness (QED) is 0.351. The number of carbonyl (C=O) groups excluding carboxylic acids is 1. The Morgan fingerprint density at radius 1 is 1.31 bits per heavy atom. The first-order chi connectivity index (χ1) is 14.6. The smallest absolute Gasteiger partial charge is 0.271 e. The number of sulfonamides is 1. The van der Waals surface area contributed by atoms with Crippen LogP contribution in [0.3, 0.4) is 0 Å². The summed E-state index contributed by atoms with van der Waals surface area (Å²) in [7, 11) is -4.33. The van der Waals surface area contributed by atoms with E-state index in [2.05, 4.69) is 43.9 Å². The van der Waals surface area contributed by atoms with E-state index in [-0.39, 0.29) is 22.5 Å². The van der Waals surface area contributed by atoms with Crippen molar-refractivity contribution < 1.29 is 22.4 Å². The second-order valence-corrected chi connectivity index (χ2v) is 17.2. The van der Waals surface area contributed by atoms with Crippen LogP contribution in [-0.4, -0.2) is 53.7 Å². The summed E-state index contributed by atoms with van der Waals surface area (Å²) in [5.74, 6) is -0.502. The highest BCUT2D eigenvalue weighted by atomic mass is 127. The minimum Gasteiger partial charge on any atom is -0.491 e. The zero-order valence-corrected chi connectivity index (χ0v) is 23.9. The largest absolute Gasteiger partial charge is 0.491 e. The summed E-state index contributed by atoms with van der Waals surface area (Å²) in [5, 5.41) is 2.72. The average Bonchev–Trinajstić information content (AvgIpc) is 2.98. The Balaban J connectivity index is 2.71. The molecule has 0 aliphatic carbocycles. The van der Waals surface area contributed by atoms with Gasteiger partial charge in [0.2, 0.25) is 15.5 Å². The van der Waals surface area contributed by atoms with E-state index in [0.717, 1.165) is 6.26 Å². The van der Waals surface area contributed by atoms with Gasteiger partial charge in [-0.2, -0.15) is 0 Å². The Labute approximate surface area is 205 Å². The maximum atomic E-state index is 13.0. The molecule has 182 valence electrons. The number of hydrogen-bond acceptors (Lipinski definition) is 6. The molecule has 2 rings (SSSR count). The molecule has 1 unspecified atom stereocenters. The molecule has 32 heavy (non-hydrogen) atoms. The molecule has 12 heteroatoms. The number of halogens is 1. The monoisotopic (exact) mass is 599 g/mol. The first-order valence-electron chi connectivity index (χ1n) is 10.5. The number of amides is 1. The molecule has 1 aliphatic rings. The lowest BCUT2D eigenvalue weighted by Crippen LogP contribution is -2.42. The molecule has 0 radical (unpaired) electrons. The predicted octanol–water partition coefficient (Wildman–Crippen LogP) is 2.77. The molecule has 0 fully saturated rings. The van der Waals surface area contributed by atoms with Gasteiger partial charge in [0.15, 0.2) is 19.8 Å². The Morgan fingerprint density at radius 2 is 1.91 bits per heavy atom. The van der Waals surface area contributed by atoms with Gasteiger partial charge in [-0.15, -0.1) is 0 Å². The Bertz CT molecular complexity index is 1050. The van der Waals surface area contributed by atoms with Crippen molar-refractivity contribution in [3.63, 3.8) is 0 Å². The van der Waals surface area contributed by atoms with Crippen molar-refractivity contribution in [2.45, 2.75) is 64.3 Å². The summed E-state index contributed by atoms with van der Waals surface area (Å²) < 4.78 is 40.6. The second kappa shape index (κ2) is 9.72. The molecule has 2 N–H and O–H groups in total. The van der Waals surface area contributed by atoms with Gasteiger partial charge in [-0.25, -0.2) is 13.1 Å². The minimum atomic E-state index is -3.56. The summed E-state index contributed by atoms with van der Waals surface area (Å²) in [6, 6.07) is -1.00. The normalized spacial score (nSPS) is 19.0. The fourth-order valence-electron chi connectivity index (χ4n) is 3.52. The zero-order valence-electron chi connectivity index (χ0n) is 20.0. The van der Waals surface area contributed by atoms with Crippen LogP contribution in [0.25, 0.3) is 0 Å². The minimum absolute atomic E-state index is 0.0169. The van der Waals surface area contributed by atoms with Crippen molar-refractivity contribution in [2.24, 2.45) is 0 Å². The van der Waals surface area contributed by atoms with Gasteiger partial charge in [0, 0.05) is 6.54 Å². The van der Waals surface area contributed by atoms with Crippen LogP contribution >= 0.6 is 22.6 Å². The van der Waals surface area contributed by atoms with Crippen LogP contribution in [-0.2, 0) is 14.4 Å². The van der Waals surface area contributed by atoms with E-state index in [9.17, 15) is 18.0 Å². The number of fused-ring (bicyclic) bond motifs is 1. The zero-order chi connectivity index (χ0) is 24.6. The third-order valence-electron chi connectivity index (χ3n) is 6.10. The second-order valence-electron chi connectivity index (χ2n) is 9.54. The lowest BCUT2D eigenvalue weighted by Gasteiger charge is -2.37. The number of hydrogen-bond donors (Lipinski definition) is 2. The van der Waals surface area contributed by atoms with E-state index in [0.29, 0.717) is 28.8 Å². The molecule has 1 amide bonds. The van der Waals surface area contributed by atoms with Crippen molar-refractivity contribution in [2.75, 3.05) is 26.5 Å². The SMILES string of the molecule is CCNC(=O)c1c(OC)c(=O)c(I)c2n1[C@H](CO[Si](C)(C)C(C)(C)C)CC2NS(C)(=O)=O. The number of pyridine rings is 1. The number of aromatic nitrogens is 1. The average molecular weight is 600 g/mol. The first-order valence-corrected chi connectivity index (χ1v) is 16.3. The summed E-state index contributed by atoms with van der Waals surface area (Å²) in [4.78, 5) is 26.0. The third-order valence-corrected chi connectivity index (χ3v) is 12.4. The molecule has 2 atom stereocenters. The maximum absolute atomic E-state index is 13.0. The number of nitrogens with one attached hydrogen (secondary N) is 2. The van der Waals surface area contributed by atoms with E-state index in [4.69, 9.17) is 9.16 Å². The third kappa shape index (κ3) is 5.57. The van der Waals surface area contributed by atoms with Crippen LogP contribution in [0.15, 0.2) is 4.79 Å². The Morgan fingerprint density at radius 3 is 2.38 bits per heavy atom. The van der Waals surface area contributed by atoms with E-state index < -0.39 is 35.7 Å². The van der Waals surface area contributed by atoms with Gasteiger partial charge < -0.3 is 19.0 Å². The van der Waals surface area contributed by atoms with Crippen LogP contribution in [0.1, 0.15) is 62.4 Å². The first kappa shape index (κ1) is 27.3. The van der Waals surface area contributed by atoms with Crippen molar-refractivity contribution in [1.29, 1.82) is 0 Å². The van der Waals surface area contributed by atoms with Crippen molar-refractivity contribution in [3.05, 3.63) is 25.2 Å². The van der Waals surface area contributed by atoms with E-state index in [1.165, 1.54) is 7.11 Å². The van der Waals surface area contributed by atoms with Gasteiger partial charge in [-0.3, -0.25) is 9.59 Å². The molecule has 0 bridgehead atoms. The highest BCUT2D eigenvalue weighted by Crippen LogP contribution is 2.42. The number of rotatable bonds is 8. The molecule has 1 aromatic heterocycles. The van der Waals surface area contributed by atoms with Gasteiger partial charge in [0.05, 0.1) is 41.3 Å². The molecule has 2 heterocycles. The van der Waals surface area contributed by atoms with Crippen molar-refractivity contribution in [1.82, 2.24) is 14.6 Å². The van der Waals surface area contributed by atoms with Crippen LogP contribution in [0.5, 0.6) is 5.75 Å². The number of methoxy groups -OCH3 is 1. The molecule has 0 saturated heterocycles.